The van der Waals surface area contributed by atoms with Gasteiger partial charge in [-0.15, -0.1) is 11.8 Å². The largest absolute Gasteiger partial charge is 0.333 e. The van der Waals surface area contributed by atoms with Gasteiger partial charge in [-0.1, -0.05) is 11.8 Å². The normalized spacial score (nSPS) is 16.2. The summed E-state index contributed by atoms with van der Waals surface area (Å²) < 4.78 is 0. The Balaban J connectivity index is 2.13. The molecular formula is C8H13NO2S2. The van der Waals surface area contributed by atoms with Gasteiger partial charge >= 0.3 is 0 Å². The molecule has 0 radical (unpaired) electrons. The summed E-state index contributed by atoms with van der Waals surface area (Å²) in [6.07, 6.45) is 0.491. The molecule has 13 heavy (non-hydrogen) atoms. The summed E-state index contributed by atoms with van der Waals surface area (Å²) >= 11 is 3.01. The van der Waals surface area contributed by atoms with Crippen LogP contribution in [0.15, 0.2) is 0 Å². The number of thioether (sulfide) groups is 2. The molecule has 0 aliphatic carbocycles. The number of amides is 1. The predicted molar refractivity (Wildman–Crippen MR) is 56.8 cm³/mol. The van der Waals surface area contributed by atoms with Gasteiger partial charge in [0.1, 0.15) is 0 Å². The van der Waals surface area contributed by atoms with E-state index in [4.69, 9.17) is 0 Å². The minimum absolute atomic E-state index is 0.0867. The predicted octanol–water partition coefficient (Wildman–Crippen LogP) is 1.19. The highest BCUT2D eigenvalue weighted by molar-refractivity contribution is 8.13. The van der Waals surface area contributed by atoms with E-state index in [2.05, 4.69) is 0 Å². The van der Waals surface area contributed by atoms with Gasteiger partial charge in [-0.25, -0.2) is 0 Å². The zero-order valence-corrected chi connectivity index (χ0v) is 9.25. The first-order valence-corrected chi connectivity index (χ1v) is 6.33. The van der Waals surface area contributed by atoms with E-state index < -0.39 is 0 Å². The van der Waals surface area contributed by atoms with Crippen molar-refractivity contribution < 1.29 is 9.59 Å². The van der Waals surface area contributed by atoms with Crippen LogP contribution in [0.25, 0.3) is 0 Å². The molecule has 1 fully saturated rings. The maximum Gasteiger partial charge on any atom is 0.224 e. The van der Waals surface area contributed by atoms with Crippen molar-refractivity contribution in [3.8, 4) is 0 Å². The monoisotopic (exact) mass is 219 g/mol. The zero-order valence-electron chi connectivity index (χ0n) is 7.62. The average Bonchev–Trinajstić information content (AvgIpc) is 2.55. The van der Waals surface area contributed by atoms with Crippen molar-refractivity contribution in [2.45, 2.75) is 13.3 Å². The fourth-order valence-electron chi connectivity index (χ4n) is 1.05. The fourth-order valence-corrected chi connectivity index (χ4v) is 2.59. The lowest BCUT2D eigenvalue weighted by Gasteiger charge is -2.13. The molecule has 0 N–H and O–H groups in total. The van der Waals surface area contributed by atoms with Crippen molar-refractivity contribution in [1.82, 2.24) is 4.90 Å². The van der Waals surface area contributed by atoms with Crippen LogP contribution in [0.3, 0.4) is 0 Å². The van der Waals surface area contributed by atoms with Crippen molar-refractivity contribution in [1.29, 1.82) is 0 Å². The fraction of sp³-hybridized carbons (Fsp3) is 0.750. The molecule has 0 spiro atoms. The van der Waals surface area contributed by atoms with E-state index in [1.54, 1.807) is 11.8 Å². The van der Waals surface area contributed by atoms with Crippen LogP contribution in [-0.2, 0) is 9.59 Å². The molecule has 1 saturated heterocycles. The first-order chi connectivity index (χ1) is 6.20. The van der Waals surface area contributed by atoms with E-state index in [9.17, 15) is 9.59 Å². The second kappa shape index (κ2) is 5.54. The van der Waals surface area contributed by atoms with Crippen molar-refractivity contribution in [3.05, 3.63) is 0 Å². The Morgan fingerprint density at radius 2 is 2.31 bits per heavy atom. The first-order valence-electron chi connectivity index (χ1n) is 4.19. The Hall–Kier alpha value is -0.160. The third-order valence-electron chi connectivity index (χ3n) is 1.73. The first kappa shape index (κ1) is 10.9. The lowest BCUT2D eigenvalue weighted by atomic mass is 10.4. The van der Waals surface area contributed by atoms with Crippen LogP contribution in [0.5, 0.6) is 0 Å². The quantitative estimate of drug-likeness (QED) is 0.714. The molecule has 74 valence electrons. The van der Waals surface area contributed by atoms with Gasteiger partial charge in [0.25, 0.3) is 0 Å². The molecule has 1 aliphatic rings. The highest BCUT2D eigenvalue weighted by Crippen LogP contribution is 2.15. The summed E-state index contributed by atoms with van der Waals surface area (Å²) in [6, 6.07) is 0. The number of carbonyl (C=O) groups excluding carboxylic acids is 2. The Morgan fingerprint density at radius 3 is 2.85 bits per heavy atom. The number of nitrogens with zero attached hydrogens (tertiary/aromatic N) is 1. The van der Waals surface area contributed by atoms with E-state index >= 15 is 0 Å². The van der Waals surface area contributed by atoms with Crippen LogP contribution >= 0.6 is 23.5 Å². The zero-order chi connectivity index (χ0) is 9.68. The molecule has 5 heteroatoms. The summed E-state index contributed by atoms with van der Waals surface area (Å²) in [7, 11) is 0. The summed E-state index contributed by atoms with van der Waals surface area (Å²) in [5.74, 6) is 2.67. The summed E-state index contributed by atoms with van der Waals surface area (Å²) in [5.41, 5.74) is 0. The van der Waals surface area contributed by atoms with Gasteiger partial charge in [0, 0.05) is 31.4 Å². The number of hydrogen-bond donors (Lipinski definition) is 0. The third kappa shape index (κ3) is 4.04. The van der Waals surface area contributed by atoms with Crippen LogP contribution < -0.4 is 0 Å². The van der Waals surface area contributed by atoms with Crippen LogP contribution in [0.1, 0.15) is 13.3 Å². The molecular weight excluding hydrogens is 206 g/mol. The number of rotatable bonds is 3. The van der Waals surface area contributed by atoms with E-state index in [1.807, 2.05) is 4.90 Å². The van der Waals surface area contributed by atoms with Gasteiger partial charge in [0.15, 0.2) is 5.12 Å². The van der Waals surface area contributed by atoms with E-state index in [0.717, 1.165) is 18.2 Å². The maximum absolute atomic E-state index is 11.4. The Labute approximate surface area is 86.6 Å². The molecule has 0 atom stereocenters. The lowest BCUT2D eigenvalue weighted by Crippen LogP contribution is -2.28. The average molecular weight is 219 g/mol. The van der Waals surface area contributed by atoms with Crippen LogP contribution in [0.2, 0.25) is 0 Å². The maximum atomic E-state index is 11.4. The lowest BCUT2D eigenvalue weighted by molar-refractivity contribution is -0.129. The molecule has 0 aromatic carbocycles. The second-order valence-corrected chi connectivity index (χ2v) is 5.13. The van der Waals surface area contributed by atoms with E-state index in [0.29, 0.717) is 12.2 Å². The molecule has 1 rings (SSSR count). The van der Waals surface area contributed by atoms with Gasteiger partial charge in [-0.05, 0) is 0 Å². The standard InChI is InChI=1S/C8H13NO2S2/c1-7(10)13-4-2-8(11)9-3-5-12-6-9/h2-6H2,1H3. The molecule has 0 saturated carbocycles. The van der Waals surface area contributed by atoms with Gasteiger partial charge in [-0.3, -0.25) is 9.59 Å². The summed E-state index contributed by atoms with van der Waals surface area (Å²) in [5, 5.41) is 0.0867. The van der Waals surface area contributed by atoms with Crippen LogP contribution in [0, 0.1) is 0 Å². The van der Waals surface area contributed by atoms with Gasteiger partial charge in [0.2, 0.25) is 5.91 Å². The van der Waals surface area contributed by atoms with Gasteiger partial charge in [0.05, 0.1) is 5.88 Å². The molecule has 1 aliphatic heterocycles. The summed E-state index contributed by atoms with van der Waals surface area (Å²) in [6.45, 7) is 2.40. The molecule has 1 amide bonds. The molecule has 0 aromatic heterocycles. The van der Waals surface area contributed by atoms with Gasteiger partial charge in [-0.2, -0.15) is 0 Å². The van der Waals surface area contributed by atoms with Crippen molar-refractivity contribution in [2.24, 2.45) is 0 Å². The highest BCUT2D eigenvalue weighted by Gasteiger charge is 2.17. The van der Waals surface area contributed by atoms with E-state index in [-0.39, 0.29) is 11.0 Å². The molecule has 1 heterocycles. The van der Waals surface area contributed by atoms with E-state index in [1.165, 1.54) is 18.7 Å². The Morgan fingerprint density at radius 1 is 1.54 bits per heavy atom. The molecule has 3 nitrogen and oxygen atoms in total. The number of carbonyl (C=O) groups is 2. The Bertz CT molecular complexity index is 202. The molecule has 0 unspecified atom stereocenters. The second-order valence-electron chi connectivity index (χ2n) is 2.78. The van der Waals surface area contributed by atoms with Crippen molar-refractivity contribution in [3.63, 3.8) is 0 Å². The van der Waals surface area contributed by atoms with Gasteiger partial charge < -0.3 is 4.90 Å². The number of hydrogen-bond acceptors (Lipinski definition) is 4. The van der Waals surface area contributed by atoms with Crippen molar-refractivity contribution >= 4 is 34.5 Å². The Kier molecular flexibility index (Phi) is 4.66. The third-order valence-corrected chi connectivity index (χ3v) is 3.51. The molecule has 0 aromatic rings. The minimum Gasteiger partial charge on any atom is -0.333 e. The topological polar surface area (TPSA) is 37.4 Å². The smallest absolute Gasteiger partial charge is 0.224 e. The van der Waals surface area contributed by atoms with Crippen LogP contribution in [-0.4, -0.2) is 39.8 Å². The van der Waals surface area contributed by atoms with Crippen molar-refractivity contribution in [2.75, 3.05) is 23.9 Å². The highest BCUT2D eigenvalue weighted by atomic mass is 32.2. The molecule has 0 bridgehead atoms. The summed E-state index contributed by atoms with van der Waals surface area (Å²) in [4.78, 5) is 23.8. The minimum atomic E-state index is 0.0867. The SMILES string of the molecule is CC(=O)SCCC(=O)N1CCSC1. The van der Waals surface area contributed by atoms with Crippen LogP contribution in [0.4, 0.5) is 0 Å².